The first kappa shape index (κ1) is 116. The molecule has 0 aliphatic carbocycles. The van der Waals surface area contributed by atoms with Gasteiger partial charge in [0.15, 0.2) is 12.6 Å². The maximum Gasteiger partial charge on any atom is 0.410 e. The largest absolute Gasteiger partial charge is 0.444 e. The number of aliphatic hydroxyl groups excluding tert-OH is 3. The van der Waals surface area contributed by atoms with E-state index in [-0.39, 0.29) is 44.6 Å². The van der Waals surface area contributed by atoms with Crippen LogP contribution in [0.4, 0.5) is 24.0 Å². The van der Waals surface area contributed by atoms with Crippen molar-refractivity contribution in [2.75, 3.05) is 49.3 Å². The average molecular weight is 1920 g/mol. The van der Waals surface area contributed by atoms with E-state index in [1.807, 2.05) is 167 Å². The number of aryl methyl sites for hydroxylation is 1. The number of carbonyl (C=O) groups is 7. The Morgan fingerprint density at radius 3 is 0.903 bits per heavy atom. The zero-order chi connectivity index (χ0) is 94.0. The van der Waals surface area contributed by atoms with Crippen LogP contribution in [0.1, 0.15) is 219 Å². The van der Waals surface area contributed by atoms with Crippen LogP contribution in [0.3, 0.4) is 0 Å². The second-order valence-electron chi connectivity index (χ2n) is 32.5. The lowest BCUT2D eigenvalue weighted by atomic mass is 10.1. The Kier molecular flexibility index (Phi) is 55.3. The van der Waals surface area contributed by atoms with Gasteiger partial charge in [0.1, 0.15) is 28.0 Å². The van der Waals surface area contributed by atoms with E-state index in [2.05, 4.69) is 98.3 Å². The van der Waals surface area contributed by atoms with Crippen molar-refractivity contribution >= 4 is 97.0 Å². The van der Waals surface area contributed by atoms with Crippen LogP contribution in [-0.4, -0.2) is 206 Å². The number of pyridine rings is 8. The first-order valence-corrected chi connectivity index (χ1v) is 40.9. The van der Waals surface area contributed by atoms with Gasteiger partial charge in [-0.1, -0.05) is 13.5 Å². The number of nitrogens with one attached hydrogen (secondary N) is 2. The Morgan fingerprint density at radius 2 is 0.613 bits per heavy atom. The number of rotatable bonds is 19. The van der Waals surface area contributed by atoms with Crippen molar-refractivity contribution in [1.82, 2.24) is 75.0 Å². The summed E-state index contributed by atoms with van der Waals surface area (Å²) in [4.78, 5) is 135. The van der Waals surface area contributed by atoms with Crippen molar-refractivity contribution in [2.45, 2.75) is 225 Å². The monoisotopic (exact) mass is 1920 g/mol. The van der Waals surface area contributed by atoms with Gasteiger partial charge in [-0.2, -0.15) is 9.59 Å². The zero-order valence-electron chi connectivity index (χ0n) is 75.3. The molecule has 8 heterocycles. The van der Waals surface area contributed by atoms with Gasteiger partial charge < -0.3 is 74.1 Å². The van der Waals surface area contributed by atoms with Crippen LogP contribution >= 0.6 is 47.8 Å². The van der Waals surface area contributed by atoms with Gasteiger partial charge in [0.25, 0.3) is 0 Å². The predicted octanol–water partition coefficient (Wildman–Crippen LogP) is 16.8. The lowest BCUT2D eigenvalue weighted by molar-refractivity contribution is -0.191. The Balaban J connectivity index is 0. The maximum absolute atomic E-state index is 11.8. The van der Waals surface area contributed by atoms with Crippen LogP contribution in [0.5, 0.6) is 0 Å². The zero-order valence-corrected chi connectivity index (χ0v) is 80.1. The fourth-order valence-electron chi connectivity index (χ4n) is 9.12. The molecule has 2 atom stereocenters. The molecule has 8 aromatic heterocycles. The van der Waals surface area contributed by atoms with E-state index < -0.39 is 46.3 Å². The molecule has 8 rings (SSSR count). The quantitative estimate of drug-likeness (QED) is 0.0371. The Hall–Kier alpha value is -10.5. The van der Waals surface area contributed by atoms with Crippen molar-refractivity contribution in [3.63, 3.8) is 0 Å². The van der Waals surface area contributed by atoms with E-state index in [1.54, 1.807) is 147 Å². The van der Waals surface area contributed by atoms with Crippen molar-refractivity contribution in [1.29, 1.82) is 0 Å². The van der Waals surface area contributed by atoms with Crippen molar-refractivity contribution in [3.8, 4) is 0 Å². The Labute approximate surface area is 756 Å². The van der Waals surface area contributed by atoms with E-state index in [0.717, 1.165) is 94.7 Å². The summed E-state index contributed by atoms with van der Waals surface area (Å²) in [5.74, 6) is 0. The van der Waals surface area contributed by atoms with Crippen LogP contribution in [0, 0.1) is 6.92 Å². The third-order valence-electron chi connectivity index (χ3n) is 14.3. The molecule has 5 amide bonds. The molecule has 0 radical (unpaired) electrons. The molecule has 124 heavy (non-hydrogen) atoms. The van der Waals surface area contributed by atoms with Crippen LogP contribution in [0.25, 0.3) is 0 Å². The van der Waals surface area contributed by atoms with Gasteiger partial charge in [0.2, 0.25) is 0 Å². The highest BCUT2D eigenvalue weighted by Gasteiger charge is 2.25. The molecule has 0 saturated carbocycles. The van der Waals surface area contributed by atoms with E-state index in [4.69, 9.17) is 38.4 Å². The number of aromatic nitrogens is 8. The van der Waals surface area contributed by atoms with Gasteiger partial charge in [-0.05, 0) is 290 Å². The van der Waals surface area contributed by atoms with Crippen molar-refractivity contribution in [3.05, 3.63) is 233 Å². The summed E-state index contributed by atoms with van der Waals surface area (Å²) < 4.78 is 29.0. The van der Waals surface area contributed by atoms with Gasteiger partial charge in [0, 0.05) is 172 Å². The summed E-state index contributed by atoms with van der Waals surface area (Å²) in [6.07, 6.45) is 25.8. The molecule has 0 aliphatic rings. The summed E-state index contributed by atoms with van der Waals surface area (Å²) in [7, 11) is 12.2. The summed E-state index contributed by atoms with van der Waals surface area (Å²) in [5.41, 5.74) is 8.75. The summed E-state index contributed by atoms with van der Waals surface area (Å²) in [6, 6.07) is 15.0. The molecule has 35 heteroatoms. The van der Waals surface area contributed by atoms with Crippen molar-refractivity contribution < 1.29 is 82.2 Å². The molecule has 0 aromatic carbocycles. The minimum absolute atomic E-state index is 0. The minimum atomic E-state index is -0.570. The smallest absolute Gasteiger partial charge is 0.410 e. The number of ether oxygens (including phenoxy) is 5. The molecule has 32 nitrogen and oxygen atoms in total. The van der Waals surface area contributed by atoms with Crippen LogP contribution in [0.15, 0.2) is 161 Å². The van der Waals surface area contributed by atoms with Crippen LogP contribution < -0.4 is 10.6 Å². The molecule has 2 unspecified atom stereocenters. The first-order chi connectivity index (χ1) is 57.2. The average Bonchev–Trinajstić information content (AvgIpc) is 0.878. The molecule has 0 aliphatic heterocycles. The number of hydrogen-bond acceptors (Lipinski definition) is 27. The molecule has 682 valence electrons. The molecular formula is C89H128Br3N15O17. The topological polar surface area (TPSA) is 404 Å². The summed E-state index contributed by atoms with van der Waals surface area (Å²) in [5, 5.41) is 33.8. The Morgan fingerprint density at radius 1 is 0.379 bits per heavy atom. The number of amides is 5. The fraction of sp³-hybridized carbons (Fsp3) is 0.461. The number of hydrogen-bond donors (Lipinski definition) is 5. The molecule has 0 bridgehead atoms. The van der Waals surface area contributed by atoms with Gasteiger partial charge in [-0.3, -0.25) is 49.5 Å². The van der Waals surface area contributed by atoms with Crippen LogP contribution in [0.2, 0.25) is 0 Å². The second kappa shape index (κ2) is 59.4. The summed E-state index contributed by atoms with van der Waals surface area (Å²) >= 11 is 9.86. The van der Waals surface area contributed by atoms with E-state index in [9.17, 15) is 43.8 Å². The van der Waals surface area contributed by atoms with Gasteiger partial charge in [0.05, 0.1) is 51.5 Å². The van der Waals surface area contributed by atoms with Gasteiger partial charge in [-0.25, -0.2) is 24.0 Å². The van der Waals surface area contributed by atoms with Crippen LogP contribution in [-0.2, 0) is 85.7 Å². The van der Waals surface area contributed by atoms with Gasteiger partial charge in [-0.15, -0.1) is 0 Å². The maximum atomic E-state index is 11.8. The van der Waals surface area contributed by atoms with Crippen molar-refractivity contribution in [2.24, 2.45) is 0 Å². The molecular weight excluding hydrogens is 1790 g/mol. The fourth-order valence-corrected chi connectivity index (χ4v) is 10.3. The number of aliphatic hydroxyl groups is 3. The third-order valence-corrected chi connectivity index (χ3v) is 15.6. The van der Waals surface area contributed by atoms with Gasteiger partial charge >= 0.3 is 36.6 Å². The first-order valence-electron chi connectivity index (χ1n) is 38.5. The Bertz CT molecular complexity index is 4450. The molecule has 8 aromatic rings. The molecule has 0 fully saturated rings. The van der Waals surface area contributed by atoms with E-state index >= 15 is 0 Å². The second-order valence-corrected chi connectivity index (χ2v) is 35.2. The predicted molar refractivity (Wildman–Crippen MR) is 485 cm³/mol. The third kappa shape index (κ3) is 57.0. The molecule has 5 N–H and O–H groups in total. The van der Waals surface area contributed by atoms with E-state index in [1.165, 1.54) is 37.6 Å². The lowest BCUT2D eigenvalue weighted by Gasteiger charge is -2.24. The minimum Gasteiger partial charge on any atom is -0.444 e. The number of halogens is 3. The number of carbonyl (C=O) groups excluding carboxylic acids is 9. The molecule has 0 spiro atoms. The van der Waals surface area contributed by atoms with E-state index in [0.29, 0.717) is 43.9 Å². The normalized spacial score (nSPS) is 11.0. The summed E-state index contributed by atoms with van der Waals surface area (Å²) in [6.45, 7) is 36.6. The SMILES string of the molecule is C.CC(O)c1cncc(CN(C)C(=O)OC(C)(C)C)c1.CN(Cc1cncc(Br)c1)C(=O)OC(C)(C)C.CN(Cc1cncc(C=O)c1)C(=O)OC(C)(C)C.CN(Cc1cncc(CO)c1)C(=O)OC(C)(C)C.CNCc1cncc(Br)c1.CNCc1cncc(C(C)O)c1.Cc1cncc(CN(C)C(=O)OC(C)(C)C)c1.O=C=O.O=Cc1cncc(Br)c1. The lowest BCUT2D eigenvalue weighted by Crippen LogP contribution is -2.33. The number of aldehydes is 2. The highest BCUT2D eigenvalue weighted by atomic mass is 79.9. The highest BCUT2D eigenvalue weighted by molar-refractivity contribution is 9.11. The standard InChI is InChI=1S/C14H22N2O3.C13H20N2O3.C13H18N2O3.C13H20N2O2.C12H17BrN2O2.C9H14N2O.C7H9BrN2.C6H4BrNO.CO2.CH4/c1-10(17)12-6-11(7-15-8-12)9-16(5)13(18)19-14(2,3)4;2*1-13(2,3)18-12(17)15(4)8-10-5-11(9-16)7-14-6-10;1-10-6-11(8-14-7-10)9-15(5)12(16)17-13(2,3)4;1-12(2,3)17-11(16)15(4)8-9-5-10(13)7-14-6-9;1-7(12)9-3-8(4-10-2)5-11-6-9;1-9-3-6-2-7(8)5-10-4-6;7-6-1-5(4-9)2-8-3-6;2-1-3;/h6-8,10,17H,9H2,1-5H3;5-7,16H,8-9H2,1-4H3;5-7,9H,8H2,1-4H3;6-8H,9H2,1-5H3;5-7H,8H2,1-4H3;3,5-7,10,12H,4H2,1-2H3;2,4-5,9H,3H2,1H3;1-4H;;1H4. The highest BCUT2D eigenvalue weighted by Crippen LogP contribution is 2.21. The number of nitrogens with zero attached hydrogens (tertiary/aromatic N) is 13. The molecule has 0 saturated heterocycles.